The lowest BCUT2D eigenvalue weighted by atomic mass is 10.2. The number of hydrogen-bond acceptors (Lipinski definition) is 3. The molecule has 1 rings (SSSR count). The van der Waals surface area contributed by atoms with Crippen molar-refractivity contribution in [3.05, 3.63) is 23.0 Å². The zero-order valence-electron chi connectivity index (χ0n) is 8.00. The number of anilines is 2. The van der Waals surface area contributed by atoms with E-state index in [4.69, 9.17) is 22.4 Å². The number of likely N-dealkylation sites (N-methyl/N-ethyl adjacent to an activating group) is 1. The molecular formula is C9H10ClFN2O2. The number of nitrogens with two attached hydrogens (primary N) is 1. The van der Waals surface area contributed by atoms with E-state index in [1.807, 2.05) is 0 Å². The Bertz CT molecular complexity index is 398. The molecule has 3 N–H and O–H groups in total. The molecule has 6 heteroatoms. The largest absolute Gasteiger partial charge is 0.480 e. The Balaban J connectivity index is 3.03. The van der Waals surface area contributed by atoms with E-state index in [2.05, 4.69) is 0 Å². The quantitative estimate of drug-likeness (QED) is 0.777. The summed E-state index contributed by atoms with van der Waals surface area (Å²) < 4.78 is 12.9. The van der Waals surface area contributed by atoms with E-state index in [0.29, 0.717) is 5.69 Å². The molecule has 0 saturated carbocycles. The van der Waals surface area contributed by atoms with E-state index in [1.165, 1.54) is 18.0 Å². The summed E-state index contributed by atoms with van der Waals surface area (Å²) in [6.07, 6.45) is 0. The topological polar surface area (TPSA) is 66.6 Å². The van der Waals surface area contributed by atoms with Crippen molar-refractivity contribution < 1.29 is 14.3 Å². The number of carboxylic acid groups (broad SMARTS) is 1. The van der Waals surface area contributed by atoms with Gasteiger partial charge in [0.05, 0.1) is 16.4 Å². The number of carbonyl (C=O) groups is 1. The number of nitrogens with zero attached hydrogens (tertiary/aromatic N) is 1. The lowest BCUT2D eigenvalue weighted by Gasteiger charge is -2.19. The molecule has 0 saturated heterocycles. The van der Waals surface area contributed by atoms with E-state index in [1.54, 1.807) is 0 Å². The van der Waals surface area contributed by atoms with Crippen LogP contribution in [-0.2, 0) is 4.79 Å². The van der Waals surface area contributed by atoms with Gasteiger partial charge in [0.15, 0.2) is 0 Å². The summed E-state index contributed by atoms with van der Waals surface area (Å²) in [6.45, 7) is -0.230. The molecule has 0 bridgehead atoms. The van der Waals surface area contributed by atoms with Gasteiger partial charge in [-0.25, -0.2) is 4.39 Å². The third-order valence-corrected chi connectivity index (χ3v) is 2.14. The number of aliphatic carboxylic acids is 1. The number of rotatable bonds is 3. The van der Waals surface area contributed by atoms with Crippen molar-refractivity contribution in [1.29, 1.82) is 0 Å². The van der Waals surface area contributed by atoms with Gasteiger partial charge < -0.3 is 15.7 Å². The van der Waals surface area contributed by atoms with E-state index in [0.717, 1.165) is 6.07 Å². The number of carboxylic acids is 1. The van der Waals surface area contributed by atoms with E-state index in [-0.39, 0.29) is 17.3 Å². The summed E-state index contributed by atoms with van der Waals surface area (Å²) in [6, 6.07) is 2.37. The summed E-state index contributed by atoms with van der Waals surface area (Å²) >= 11 is 5.56. The van der Waals surface area contributed by atoms with Crippen molar-refractivity contribution in [2.24, 2.45) is 0 Å². The average Bonchev–Trinajstić information content (AvgIpc) is 2.09. The molecular weight excluding hydrogens is 223 g/mol. The smallest absolute Gasteiger partial charge is 0.323 e. The van der Waals surface area contributed by atoms with Crippen molar-refractivity contribution >= 4 is 28.9 Å². The molecule has 0 radical (unpaired) electrons. The van der Waals surface area contributed by atoms with Gasteiger partial charge in [-0.1, -0.05) is 11.6 Å². The van der Waals surface area contributed by atoms with Gasteiger partial charge in [0.1, 0.15) is 12.4 Å². The minimum atomic E-state index is -1.00. The minimum absolute atomic E-state index is 0.0866. The Labute approximate surface area is 91.1 Å². The van der Waals surface area contributed by atoms with Gasteiger partial charge >= 0.3 is 5.97 Å². The molecule has 0 spiro atoms. The zero-order chi connectivity index (χ0) is 11.6. The second-order valence-electron chi connectivity index (χ2n) is 3.07. The highest BCUT2D eigenvalue weighted by Gasteiger charge is 2.12. The van der Waals surface area contributed by atoms with Crippen LogP contribution in [0.2, 0.25) is 5.02 Å². The molecule has 1 aromatic rings. The zero-order valence-corrected chi connectivity index (χ0v) is 8.75. The predicted molar refractivity (Wildman–Crippen MR) is 56.7 cm³/mol. The van der Waals surface area contributed by atoms with Crippen LogP contribution in [0.3, 0.4) is 0 Å². The number of hydrogen-bond donors (Lipinski definition) is 2. The highest BCUT2D eigenvalue weighted by atomic mass is 35.5. The normalized spacial score (nSPS) is 10.1. The molecule has 0 amide bonds. The highest BCUT2D eigenvalue weighted by Crippen LogP contribution is 2.28. The van der Waals surface area contributed by atoms with Crippen LogP contribution in [0.4, 0.5) is 15.8 Å². The van der Waals surface area contributed by atoms with Gasteiger partial charge in [-0.2, -0.15) is 0 Å². The summed E-state index contributed by atoms with van der Waals surface area (Å²) in [5.41, 5.74) is 6.08. The van der Waals surface area contributed by atoms with Gasteiger partial charge in [0, 0.05) is 13.1 Å². The van der Waals surface area contributed by atoms with Crippen molar-refractivity contribution in [1.82, 2.24) is 0 Å². The molecule has 0 aliphatic rings. The van der Waals surface area contributed by atoms with Crippen molar-refractivity contribution in [2.75, 3.05) is 24.2 Å². The highest BCUT2D eigenvalue weighted by molar-refractivity contribution is 6.31. The average molecular weight is 233 g/mol. The first-order chi connectivity index (χ1) is 6.91. The maximum atomic E-state index is 12.9. The van der Waals surface area contributed by atoms with Crippen LogP contribution in [0, 0.1) is 5.82 Å². The molecule has 0 aromatic heterocycles. The van der Waals surface area contributed by atoms with Gasteiger partial charge in [-0.15, -0.1) is 0 Å². The Morgan fingerprint density at radius 3 is 2.80 bits per heavy atom. The third kappa shape index (κ3) is 2.73. The van der Waals surface area contributed by atoms with Crippen LogP contribution in [0.15, 0.2) is 12.1 Å². The molecule has 82 valence electrons. The summed E-state index contributed by atoms with van der Waals surface area (Å²) in [4.78, 5) is 11.8. The van der Waals surface area contributed by atoms with Crippen LogP contribution < -0.4 is 10.6 Å². The Morgan fingerprint density at radius 1 is 1.67 bits per heavy atom. The molecule has 4 nitrogen and oxygen atoms in total. The minimum Gasteiger partial charge on any atom is -0.480 e. The SMILES string of the molecule is CN(CC(=O)O)c1cc(Cl)c(F)cc1N. The van der Waals surface area contributed by atoms with E-state index >= 15 is 0 Å². The van der Waals surface area contributed by atoms with Crippen LogP contribution in [0.1, 0.15) is 0 Å². The van der Waals surface area contributed by atoms with Crippen molar-refractivity contribution in [3.63, 3.8) is 0 Å². The van der Waals surface area contributed by atoms with Gasteiger partial charge in [-0.05, 0) is 6.07 Å². The Hall–Kier alpha value is -1.49. The number of nitrogen functional groups attached to an aromatic ring is 1. The summed E-state index contributed by atoms with van der Waals surface area (Å²) in [7, 11) is 1.54. The number of benzene rings is 1. The lowest BCUT2D eigenvalue weighted by Crippen LogP contribution is -2.25. The third-order valence-electron chi connectivity index (χ3n) is 1.85. The van der Waals surface area contributed by atoms with E-state index in [9.17, 15) is 9.18 Å². The van der Waals surface area contributed by atoms with Crippen LogP contribution in [-0.4, -0.2) is 24.7 Å². The second-order valence-corrected chi connectivity index (χ2v) is 3.48. The Kier molecular flexibility index (Phi) is 3.36. The first-order valence-electron chi connectivity index (χ1n) is 4.09. The van der Waals surface area contributed by atoms with Gasteiger partial charge in [-0.3, -0.25) is 4.79 Å². The van der Waals surface area contributed by atoms with Crippen molar-refractivity contribution in [3.8, 4) is 0 Å². The molecule has 0 aliphatic carbocycles. The van der Waals surface area contributed by atoms with Crippen LogP contribution in [0.25, 0.3) is 0 Å². The Morgan fingerprint density at radius 2 is 2.27 bits per heavy atom. The van der Waals surface area contributed by atoms with Gasteiger partial charge in [0.2, 0.25) is 0 Å². The fraction of sp³-hybridized carbons (Fsp3) is 0.222. The monoisotopic (exact) mass is 232 g/mol. The summed E-state index contributed by atoms with van der Waals surface area (Å²) in [5.74, 6) is -1.63. The molecule has 1 aromatic carbocycles. The molecule has 15 heavy (non-hydrogen) atoms. The molecule has 0 aliphatic heterocycles. The maximum absolute atomic E-state index is 12.9. The number of halogens is 2. The predicted octanol–water partition coefficient (Wildman–Crippen LogP) is 1.58. The molecule has 0 unspecified atom stereocenters. The fourth-order valence-corrected chi connectivity index (χ4v) is 1.33. The van der Waals surface area contributed by atoms with Crippen LogP contribution in [0.5, 0.6) is 0 Å². The molecule has 0 heterocycles. The fourth-order valence-electron chi connectivity index (χ4n) is 1.17. The first-order valence-corrected chi connectivity index (χ1v) is 4.47. The summed E-state index contributed by atoms with van der Waals surface area (Å²) in [5, 5.41) is 8.48. The van der Waals surface area contributed by atoms with Crippen LogP contribution >= 0.6 is 11.6 Å². The maximum Gasteiger partial charge on any atom is 0.323 e. The van der Waals surface area contributed by atoms with Gasteiger partial charge in [0.25, 0.3) is 0 Å². The second kappa shape index (κ2) is 4.35. The molecule has 0 atom stereocenters. The molecule has 0 fully saturated rings. The van der Waals surface area contributed by atoms with E-state index < -0.39 is 11.8 Å². The first kappa shape index (κ1) is 11.6. The standard InChI is InChI=1S/C9H10ClFN2O2/c1-13(4-9(14)15)8-2-5(10)6(11)3-7(8)12/h2-3H,4,12H2,1H3,(H,14,15). The van der Waals surface area contributed by atoms with Crippen molar-refractivity contribution in [2.45, 2.75) is 0 Å². The lowest BCUT2D eigenvalue weighted by molar-refractivity contribution is -0.135.